The van der Waals surface area contributed by atoms with Crippen molar-refractivity contribution in [3.05, 3.63) is 30.1 Å². The number of imidazole rings is 1. The molecule has 0 radical (unpaired) electrons. The lowest BCUT2D eigenvalue weighted by atomic mass is 10.1. The number of para-hydroxylation sites is 2. The summed E-state index contributed by atoms with van der Waals surface area (Å²) in [6.45, 7) is 5.44. The summed E-state index contributed by atoms with van der Waals surface area (Å²) in [4.78, 5) is 3.26. The third kappa shape index (κ3) is 1.95. The first-order valence-electron chi connectivity index (χ1n) is 5.86. The summed E-state index contributed by atoms with van der Waals surface area (Å²) >= 11 is 0. The topological polar surface area (TPSA) is 39.9 Å². The third-order valence-electron chi connectivity index (χ3n) is 3.14. The van der Waals surface area contributed by atoms with Crippen LogP contribution < -0.4 is 4.57 Å². The second-order valence-electron chi connectivity index (χ2n) is 4.37. The molecule has 0 fully saturated rings. The van der Waals surface area contributed by atoms with Crippen LogP contribution in [0, 0.1) is 5.92 Å². The third-order valence-corrected chi connectivity index (χ3v) is 3.14. The van der Waals surface area contributed by atoms with Gasteiger partial charge in [-0.25, -0.2) is 9.55 Å². The lowest BCUT2D eigenvalue weighted by Gasteiger charge is -2.06. The van der Waals surface area contributed by atoms with E-state index in [1.807, 2.05) is 18.2 Å². The molecule has 0 spiro atoms. The van der Waals surface area contributed by atoms with E-state index in [9.17, 15) is 5.11 Å². The van der Waals surface area contributed by atoms with Crippen LogP contribution in [-0.4, -0.2) is 10.1 Å². The van der Waals surface area contributed by atoms with E-state index < -0.39 is 0 Å². The number of benzene rings is 1. The Labute approximate surface area is 95.7 Å². The molecule has 1 aromatic carbocycles. The van der Waals surface area contributed by atoms with Gasteiger partial charge in [-0.3, -0.25) is 0 Å². The van der Waals surface area contributed by atoms with Gasteiger partial charge in [0.1, 0.15) is 6.61 Å². The van der Waals surface area contributed by atoms with Crippen molar-refractivity contribution in [2.24, 2.45) is 5.92 Å². The molecule has 1 atom stereocenters. The molecule has 1 aromatic heterocycles. The van der Waals surface area contributed by atoms with E-state index in [1.54, 1.807) is 0 Å². The number of nitrogens with one attached hydrogen (secondary N) is 1. The Morgan fingerprint density at radius 3 is 2.81 bits per heavy atom. The lowest BCUT2D eigenvalue weighted by molar-refractivity contribution is -0.686. The normalized spacial score (nSPS) is 13.2. The minimum absolute atomic E-state index is 0.0606. The number of H-pyrrole nitrogens is 1. The van der Waals surface area contributed by atoms with Crippen LogP contribution in [-0.2, 0) is 13.2 Å². The number of rotatable bonds is 4. The second kappa shape index (κ2) is 4.66. The van der Waals surface area contributed by atoms with Gasteiger partial charge in [-0.15, -0.1) is 0 Å². The maximum atomic E-state index is 9.35. The summed E-state index contributed by atoms with van der Waals surface area (Å²) in [5, 5.41) is 9.35. The maximum absolute atomic E-state index is 9.35. The molecule has 3 nitrogen and oxygen atoms in total. The van der Waals surface area contributed by atoms with E-state index in [2.05, 4.69) is 29.5 Å². The SMILES string of the molecule is CCC(C)C[n+]1c(CO)[nH]c2ccccc21. The predicted molar refractivity (Wildman–Crippen MR) is 63.9 cm³/mol. The fraction of sp³-hybridized carbons (Fsp3) is 0.462. The quantitative estimate of drug-likeness (QED) is 0.758. The summed E-state index contributed by atoms with van der Waals surface area (Å²) < 4.78 is 2.18. The number of aliphatic hydroxyl groups is 1. The van der Waals surface area contributed by atoms with Crippen LogP contribution in [0.3, 0.4) is 0 Å². The minimum Gasteiger partial charge on any atom is -0.384 e. The Hall–Kier alpha value is -1.35. The van der Waals surface area contributed by atoms with Gasteiger partial charge in [0.25, 0.3) is 5.82 Å². The van der Waals surface area contributed by atoms with Gasteiger partial charge < -0.3 is 5.11 Å². The summed E-state index contributed by atoms with van der Waals surface area (Å²) in [6.07, 6.45) is 1.15. The van der Waals surface area contributed by atoms with Crippen LogP contribution >= 0.6 is 0 Å². The second-order valence-corrected chi connectivity index (χ2v) is 4.37. The Bertz CT molecular complexity index is 476. The molecule has 0 aliphatic heterocycles. The average Bonchev–Trinajstić information content (AvgIpc) is 2.67. The molecule has 0 amide bonds. The number of hydrogen-bond acceptors (Lipinski definition) is 1. The van der Waals surface area contributed by atoms with Crippen LogP contribution in [0.1, 0.15) is 26.1 Å². The number of aromatic amines is 1. The average molecular weight is 219 g/mol. The van der Waals surface area contributed by atoms with Gasteiger partial charge in [0, 0.05) is 0 Å². The molecule has 0 bridgehead atoms. The molecular weight excluding hydrogens is 200 g/mol. The fourth-order valence-electron chi connectivity index (χ4n) is 1.96. The largest absolute Gasteiger partial charge is 0.384 e. The number of nitrogens with zero attached hydrogens (tertiary/aromatic N) is 1. The smallest absolute Gasteiger partial charge is 0.281 e. The molecule has 0 aliphatic carbocycles. The molecule has 2 aromatic rings. The summed E-state index contributed by atoms with van der Waals surface area (Å²) in [5.41, 5.74) is 2.27. The van der Waals surface area contributed by atoms with Crippen molar-refractivity contribution >= 4 is 11.0 Å². The molecule has 1 heterocycles. The molecule has 16 heavy (non-hydrogen) atoms. The molecule has 3 heteroatoms. The van der Waals surface area contributed by atoms with Crippen molar-refractivity contribution in [3.8, 4) is 0 Å². The number of hydrogen-bond donors (Lipinski definition) is 2. The number of aliphatic hydroxyl groups excluding tert-OH is 1. The van der Waals surface area contributed by atoms with E-state index in [0.29, 0.717) is 5.92 Å². The first kappa shape index (κ1) is 11.1. The molecule has 86 valence electrons. The molecule has 0 saturated heterocycles. The standard InChI is InChI=1S/C13H18N2O/c1-3-10(2)8-15-12-7-5-4-6-11(12)14-13(15)9-16/h4-7,10,16H,3,8-9H2,1-2H3/p+1. The Morgan fingerprint density at radius 1 is 1.38 bits per heavy atom. The highest BCUT2D eigenvalue weighted by Crippen LogP contribution is 2.11. The molecule has 2 N–H and O–H groups in total. The molecule has 0 aliphatic rings. The van der Waals surface area contributed by atoms with Crippen molar-refractivity contribution in [1.29, 1.82) is 0 Å². The number of aromatic nitrogens is 2. The molecule has 2 rings (SSSR count). The zero-order chi connectivity index (χ0) is 11.5. The van der Waals surface area contributed by atoms with Crippen LogP contribution in [0.25, 0.3) is 11.0 Å². The zero-order valence-electron chi connectivity index (χ0n) is 9.90. The maximum Gasteiger partial charge on any atom is 0.281 e. The zero-order valence-corrected chi connectivity index (χ0v) is 9.90. The summed E-state index contributed by atoms with van der Waals surface area (Å²) in [5.74, 6) is 1.51. The van der Waals surface area contributed by atoms with Gasteiger partial charge in [-0.2, -0.15) is 0 Å². The van der Waals surface area contributed by atoms with Crippen molar-refractivity contribution < 1.29 is 9.67 Å². The van der Waals surface area contributed by atoms with E-state index in [4.69, 9.17) is 0 Å². The van der Waals surface area contributed by atoms with Crippen LogP contribution in [0.15, 0.2) is 24.3 Å². The number of fused-ring (bicyclic) bond motifs is 1. The van der Waals surface area contributed by atoms with Gasteiger partial charge in [0.05, 0.1) is 6.54 Å². The van der Waals surface area contributed by atoms with Gasteiger partial charge in [-0.05, 0) is 24.5 Å². The first-order valence-corrected chi connectivity index (χ1v) is 5.86. The van der Waals surface area contributed by atoms with Crippen LogP contribution in [0.4, 0.5) is 0 Å². The monoisotopic (exact) mass is 219 g/mol. The molecule has 0 saturated carbocycles. The van der Waals surface area contributed by atoms with Crippen molar-refractivity contribution in [2.75, 3.05) is 0 Å². The fourth-order valence-corrected chi connectivity index (χ4v) is 1.96. The van der Waals surface area contributed by atoms with Crippen molar-refractivity contribution in [3.63, 3.8) is 0 Å². The van der Waals surface area contributed by atoms with E-state index in [1.165, 1.54) is 5.52 Å². The Morgan fingerprint density at radius 2 is 2.12 bits per heavy atom. The van der Waals surface area contributed by atoms with E-state index in [0.717, 1.165) is 24.3 Å². The minimum atomic E-state index is 0.0606. The lowest BCUT2D eigenvalue weighted by Crippen LogP contribution is -2.39. The summed E-state index contributed by atoms with van der Waals surface area (Å²) in [7, 11) is 0. The molecular formula is C13H19N2O+. The highest BCUT2D eigenvalue weighted by Gasteiger charge is 2.18. The van der Waals surface area contributed by atoms with E-state index >= 15 is 0 Å². The van der Waals surface area contributed by atoms with Crippen LogP contribution in [0.5, 0.6) is 0 Å². The highest BCUT2D eigenvalue weighted by atomic mass is 16.3. The summed E-state index contributed by atoms with van der Waals surface area (Å²) in [6, 6.07) is 8.17. The van der Waals surface area contributed by atoms with Crippen molar-refractivity contribution in [2.45, 2.75) is 33.4 Å². The Kier molecular flexibility index (Phi) is 3.25. The predicted octanol–water partition coefficient (Wildman–Crippen LogP) is 1.99. The van der Waals surface area contributed by atoms with Crippen LogP contribution in [0.2, 0.25) is 0 Å². The van der Waals surface area contributed by atoms with Gasteiger partial charge in [0.2, 0.25) is 0 Å². The van der Waals surface area contributed by atoms with Crippen molar-refractivity contribution in [1.82, 2.24) is 4.98 Å². The van der Waals surface area contributed by atoms with Gasteiger partial charge >= 0.3 is 0 Å². The molecule has 1 unspecified atom stereocenters. The highest BCUT2D eigenvalue weighted by molar-refractivity contribution is 5.70. The van der Waals surface area contributed by atoms with E-state index in [-0.39, 0.29) is 6.61 Å². The first-order chi connectivity index (χ1) is 7.76. The van der Waals surface area contributed by atoms with Gasteiger partial charge in [0.15, 0.2) is 11.0 Å². The Balaban J connectivity index is 2.47. The van der Waals surface area contributed by atoms with Gasteiger partial charge in [-0.1, -0.05) is 26.0 Å².